The number of amides is 1. The van der Waals surface area contributed by atoms with E-state index >= 15 is 0 Å². The van der Waals surface area contributed by atoms with E-state index in [0.717, 1.165) is 41.5 Å². The molecule has 2 aromatic rings. The molecule has 3 N–H and O–H groups in total. The normalized spacial score (nSPS) is 16.8. The Labute approximate surface area is 229 Å². The van der Waals surface area contributed by atoms with Crippen LogP contribution in [0.4, 0.5) is 0 Å². The van der Waals surface area contributed by atoms with Crippen LogP contribution in [0.3, 0.4) is 0 Å². The Morgan fingerprint density at radius 3 is 2.66 bits per heavy atom. The Morgan fingerprint density at radius 2 is 1.92 bits per heavy atom. The van der Waals surface area contributed by atoms with Gasteiger partial charge >= 0.3 is 5.97 Å². The standard InChI is InChI=1S/C30H38N2O5S/c1-21-8-5-6-12-25(21)27-16-22(13-14-26(27)29(34)31-28(18-33)30(35)36)19-37-15-7-11-24-17-32(20-38-24)23-9-3-2-4-10-23/h5-6,8,12-14,16-17,23,28,33H,2-4,7,9-11,15,18-20H2,1H3,(H,31,34)(H,35,36)/t28-/m0/s1. The third-order valence-corrected chi connectivity index (χ3v) is 8.39. The van der Waals surface area contributed by atoms with Gasteiger partial charge in [0.2, 0.25) is 0 Å². The minimum Gasteiger partial charge on any atom is -0.480 e. The second-order valence-corrected chi connectivity index (χ2v) is 11.1. The monoisotopic (exact) mass is 538 g/mol. The molecule has 2 aromatic carbocycles. The fraction of sp³-hybridized carbons (Fsp3) is 0.467. The van der Waals surface area contributed by atoms with Crippen LogP contribution >= 0.6 is 11.8 Å². The first-order valence-corrected chi connectivity index (χ1v) is 14.4. The smallest absolute Gasteiger partial charge is 0.328 e. The molecular weight excluding hydrogens is 500 g/mol. The van der Waals surface area contributed by atoms with E-state index in [1.807, 2.05) is 55.1 Å². The van der Waals surface area contributed by atoms with Crippen molar-refractivity contribution in [1.29, 1.82) is 0 Å². The number of ether oxygens (including phenoxy) is 1. The third-order valence-electron chi connectivity index (χ3n) is 7.28. The molecule has 4 rings (SSSR count). The van der Waals surface area contributed by atoms with E-state index in [4.69, 9.17) is 4.74 Å². The molecule has 8 heteroatoms. The summed E-state index contributed by atoms with van der Waals surface area (Å²) in [6.45, 7) is 2.37. The Balaban J connectivity index is 1.36. The van der Waals surface area contributed by atoms with Crippen LogP contribution in [0.15, 0.2) is 53.6 Å². The predicted molar refractivity (Wildman–Crippen MR) is 151 cm³/mol. The summed E-state index contributed by atoms with van der Waals surface area (Å²) in [5.41, 5.74) is 3.90. The largest absolute Gasteiger partial charge is 0.480 e. The third kappa shape index (κ3) is 7.40. The molecule has 1 aliphatic carbocycles. The minimum atomic E-state index is -1.36. The average Bonchev–Trinajstić information content (AvgIpc) is 3.41. The second-order valence-electron chi connectivity index (χ2n) is 10.1. The van der Waals surface area contributed by atoms with E-state index in [2.05, 4.69) is 16.4 Å². The molecule has 0 saturated heterocycles. The fourth-order valence-electron chi connectivity index (χ4n) is 5.11. The van der Waals surface area contributed by atoms with Crippen molar-refractivity contribution in [2.75, 3.05) is 19.1 Å². The minimum absolute atomic E-state index is 0.357. The fourth-order valence-corrected chi connectivity index (χ4v) is 6.21. The van der Waals surface area contributed by atoms with E-state index in [0.29, 0.717) is 24.3 Å². The number of nitrogens with one attached hydrogen (secondary N) is 1. The van der Waals surface area contributed by atoms with Crippen molar-refractivity contribution in [3.8, 4) is 11.1 Å². The van der Waals surface area contributed by atoms with Crippen molar-refractivity contribution >= 4 is 23.6 Å². The quantitative estimate of drug-likeness (QED) is 0.315. The first kappa shape index (κ1) is 28.2. The van der Waals surface area contributed by atoms with Crippen molar-refractivity contribution in [3.63, 3.8) is 0 Å². The van der Waals surface area contributed by atoms with Gasteiger partial charge in [-0.3, -0.25) is 4.79 Å². The number of carbonyl (C=O) groups excluding carboxylic acids is 1. The van der Waals surface area contributed by atoms with Crippen molar-refractivity contribution in [2.45, 2.75) is 70.6 Å². The molecule has 0 radical (unpaired) electrons. The zero-order valence-corrected chi connectivity index (χ0v) is 22.8. The zero-order valence-electron chi connectivity index (χ0n) is 22.0. The highest BCUT2D eigenvalue weighted by atomic mass is 32.2. The van der Waals surface area contributed by atoms with Gasteiger partial charge < -0.3 is 25.2 Å². The summed E-state index contributed by atoms with van der Waals surface area (Å²) in [5, 5.41) is 21.0. The highest BCUT2D eigenvalue weighted by Crippen LogP contribution is 2.34. The number of aryl methyl sites for hydroxylation is 1. The molecule has 1 saturated carbocycles. The van der Waals surface area contributed by atoms with Crippen LogP contribution in [0.2, 0.25) is 0 Å². The van der Waals surface area contributed by atoms with Crippen molar-refractivity contribution in [3.05, 3.63) is 70.3 Å². The molecule has 2 aliphatic rings. The van der Waals surface area contributed by atoms with Crippen LogP contribution in [0.25, 0.3) is 11.1 Å². The second kappa shape index (κ2) is 13.8. The number of rotatable bonds is 12. The van der Waals surface area contributed by atoms with Crippen molar-refractivity contribution in [2.24, 2.45) is 0 Å². The number of benzene rings is 2. The maximum absolute atomic E-state index is 13.0. The predicted octanol–water partition coefficient (Wildman–Crippen LogP) is 5.31. The van der Waals surface area contributed by atoms with E-state index in [1.165, 1.54) is 37.0 Å². The summed E-state index contributed by atoms with van der Waals surface area (Å²) in [4.78, 5) is 28.2. The van der Waals surface area contributed by atoms with Crippen LogP contribution in [0.5, 0.6) is 0 Å². The number of aliphatic hydroxyl groups excluding tert-OH is 1. The van der Waals surface area contributed by atoms with Crippen molar-refractivity contribution in [1.82, 2.24) is 10.2 Å². The van der Waals surface area contributed by atoms with Gasteiger partial charge in [0, 0.05) is 29.3 Å². The Hall–Kier alpha value is -2.81. The van der Waals surface area contributed by atoms with E-state index < -0.39 is 24.5 Å². The van der Waals surface area contributed by atoms with Crippen LogP contribution < -0.4 is 5.32 Å². The van der Waals surface area contributed by atoms with Gasteiger partial charge in [-0.15, -0.1) is 11.8 Å². The number of carbonyl (C=O) groups is 2. The summed E-state index contributed by atoms with van der Waals surface area (Å²) in [6, 6.07) is 12.6. The van der Waals surface area contributed by atoms with E-state index in [-0.39, 0.29) is 0 Å². The molecule has 1 atom stereocenters. The van der Waals surface area contributed by atoms with E-state index in [9.17, 15) is 19.8 Å². The molecule has 204 valence electrons. The summed E-state index contributed by atoms with van der Waals surface area (Å²) in [5.74, 6) is -0.743. The lowest BCUT2D eigenvalue weighted by atomic mass is 9.93. The van der Waals surface area contributed by atoms with Gasteiger partial charge in [0.1, 0.15) is 0 Å². The number of allylic oxidation sites excluding steroid dienone is 1. The average molecular weight is 539 g/mol. The van der Waals surface area contributed by atoms with Crippen LogP contribution in [-0.4, -0.2) is 58.2 Å². The molecule has 1 aliphatic heterocycles. The Kier molecular flexibility index (Phi) is 10.3. The lowest BCUT2D eigenvalue weighted by Gasteiger charge is -2.30. The number of carboxylic acids is 1. The van der Waals surface area contributed by atoms with Gasteiger partial charge in [-0.25, -0.2) is 4.79 Å². The molecule has 1 heterocycles. The summed E-state index contributed by atoms with van der Waals surface area (Å²) in [7, 11) is 0. The molecule has 1 amide bonds. The maximum Gasteiger partial charge on any atom is 0.328 e. The molecule has 0 aromatic heterocycles. The SMILES string of the molecule is Cc1ccccc1-c1cc(COCCCC2=CN(C3CCCCC3)CS2)ccc1C(=O)N[C@@H](CO)C(=O)O. The lowest BCUT2D eigenvalue weighted by molar-refractivity contribution is -0.140. The topological polar surface area (TPSA) is 99.1 Å². The van der Waals surface area contributed by atoms with Gasteiger partial charge in [-0.2, -0.15) is 0 Å². The van der Waals surface area contributed by atoms with Gasteiger partial charge in [-0.1, -0.05) is 49.6 Å². The number of aliphatic carboxylic acids is 1. The number of hydrogen-bond acceptors (Lipinski definition) is 6. The molecule has 38 heavy (non-hydrogen) atoms. The van der Waals surface area contributed by atoms with Crippen LogP contribution in [-0.2, 0) is 16.1 Å². The molecule has 0 spiro atoms. The highest BCUT2D eigenvalue weighted by Gasteiger charge is 2.24. The first-order chi connectivity index (χ1) is 18.5. The Bertz CT molecular complexity index is 1150. The highest BCUT2D eigenvalue weighted by molar-refractivity contribution is 8.03. The summed E-state index contributed by atoms with van der Waals surface area (Å²) >= 11 is 1.95. The van der Waals surface area contributed by atoms with Crippen molar-refractivity contribution < 1.29 is 24.5 Å². The molecule has 1 fully saturated rings. The molecular formula is C30H38N2O5S. The van der Waals surface area contributed by atoms with Gasteiger partial charge in [0.25, 0.3) is 5.91 Å². The first-order valence-electron chi connectivity index (χ1n) is 13.5. The summed E-state index contributed by atoms with van der Waals surface area (Å²) in [6.07, 6.45) is 11.1. The summed E-state index contributed by atoms with van der Waals surface area (Å²) < 4.78 is 6.00. The number of hydrogen-bond donors (Lipinski definition) is 3. The number of nitrogens with zero attached hydrogens (tertiary/aromatic N) is 1. The van der Waals surface area contributed by atoms with Crippen LogP contribution in [0.1, 0.15) is 66.4 Å². The number of thioether (sulfide) groups is 1. The molecule has 0 bridgehead atoms. The van der Waals surface area contributed by atoms with Gasteiger partial charge in [-0.05, 0) is 67.0 Å². The zero-order chi connectivity index (χ0) is 26.9. The molecule has 7 nitrogen and oxygen atoms in total. The number of carboxylic acid groups (broad SMARTS) is 1. The van der Waals surface area contributed by atoms with Gasteiger partial charge in [0.15, 0.2) is 6.04 Å². The van der Waals surface area contributed by atoms with Gasteiger partial charge in [0.05, 0.1) is 19.1 Å². The maximum atomic E-state index is 13.0. The molecule has 0 unspecified atom stereocenters. The van der Waals surface area contributed by atoms with E-state index in [1.54, 1.807) is 6.07 Å². The van der Waals surface area contributed by atoms with Crippen LogP contribution in [0, 0.1) is 6.92 Å². The lowest BCUT2D eigenvalue weighted by Crippen LogP contribution is -2.43. The Morgan fingerprint density at radius 1 is 1.13 bits per heavy atom. The number of aliphatic hydroxyl groups is 1.